The van der Waals surface area contributed by atoms with Crippen LogP contribution in [-0.4, -0.2) is 29.9 Å². The number of amides is 1. The standard InChI is InChI=1S/C11H18BrNO3/c1-8-3-5-11(6-4-8,9(14)7-12)13-10(15)16-2/h8H,3-7H2,1-2H3,(H,13,15). The Bertz CT molecular complexity index is 272. The van der Waals surface area contributed by atoms with E-state index >= 15 is 0 Å². The highest BCUT2D eigenvalue weighted by molar-refractivity contribution is 9.09. The molecule has 0 aromatic heterocycles. The lowest BCUT2D eigenvalue weighted by Crippen LogP contribution is -2.56. The summed E-state index contributed by atoms with van der Waals surface area (Å²) >= 11 is 3.17. The number of hydrogen-bond acceptors (Lipinski definition) is 3. The second-order valence-corrected chi connectivity index (χ2v) is 5.00. The Balaban J connectivity index is 2.77. The molecule has 0 aromatic rings. The molecule has 0 radical (unpaired) electrons. The Hall–Kier alpha value is -0.580. The minimum absolute atomic E-state index is 0.0322. The smallest absolute Gasteiger partial charge is 0.407 e. The Morgan fingerprint density at radius 3 is 2.44 bits per heavy atom. The van der Waals surface area contributed by atoms with E-state index in [1.165, 1.54) is 7.11 Å². The first-order chi connectivity index (χ1) is 7.54. The topological polar surface area (TPSA) is 55.4 Å². The van der Waals surface area contributed by atoms with Crippen LogP contribution in [0, 0.1) is 5.92 Å². The monoisotopic (exact) mass is 291 g/mol. The van der Waals surface area contributed by atoms with Crippen molar-refractivity contribution in [2.75, 3.05) is 12.4 Å². The van der Waals surface area contributed by atoms with E-state index in [2.05, 4.69) is 32.9 Å². The number of hydrogen-bond donors (Lipinski definition) is 1. The molecular formula is C11H18BrNO3. The van der Waals surface area contributed by atoms with Crippen LogP contribution in [0.5, 0.6) is 0 Å². The largest absolute Gasteiger partial charge is 0.453 e. The van der Waals surface area contributed by atoms with Crippen molar-refractivity contribution in [3.8, 4) is 0 Å². The number of rotatable bonds is 3. The average molecular weight is 292 g/mol. The van der Waals surface area contributed by atoms with Crippen LogP contribution >= 0.6 is 15.9 Å². The lowest BCUT2D eigenvalue weighted by atomic mass is 9.75. The summed E-state index contributed by atoms with van der Waals surface area (Å²) in [6, 6.07) is 0. The van der Waals surface area contributed by atoms with Gasteiger partial charge < -0.3 is 10.1 Å². The number of Topliss-reactive ketones (excluding diaryl/α,β-unsaturated/α-hetero) is 1. The molecule has 1 aliphatic rings. The van der Waals surface area contributed by atoms with E-state index in [0.29, 0.717) is 18.8 Å². The molecule has 0 aromatic carbocycles. The van der Waals surface area contributed by atoms with Crippen LogP contribution in [0.4, 0.5) is 4.79 Å². The van der Waals surface area contributed by atoms with Crippen molar-refractivity contribution in [1.82, 2.24) is 5.32 Å². The quantitative estimate of drug-likeness (QED) is 0.812. The third-order valence-corrected chi connectivity index (χ3v) is 3.82. The zero-order valence-corrected chi connectivity index (χ0v) is 11.3. The van der Waals surface area contributed by atoms with Gasteiger partial charge in [-0.15, -0.1) is 0 Å². The summed E-state index contributed by atoms with van der Waals surface area (Å²) in [6.07, 6.45) is 2.80. The maximum absolute atomic E-state index is 11.9. The maximum atomic E-state index is 11.9. The molecule has 0 bridgehead atoms. The third-order valence-electron chi connectivity index (χ3n) is 3.31. The lowest BCUT2D eigenvalue weighted by Gasteiger charge is -2.37. The number of halogens is 1. The van der Waals surface area contributed by atoms with E-state index in [1.54, 1.807) is 0 Å². The number of nitrogens with one attached hydrogen (secondary N) is 1. The molecule has 16 heavy (non-hydrogen) atoms. The van der Waals surface area contributed by atoms with Gasteiger partial charge in [0.25, 0.3) is 0 Å². The van der Waals surface area contributed by atoms with Crippen LogP contribution in [0.2, 0.25) is 0 Å². The first-order valence-corrected chi connectivity index (χ1v) is 6.61. The SMILES string of the molecule is COC(=O)NC1(C(=O)CBr)CCC(C)CC1. The van der Waals surface area contributed by atoms with Gasteiger partial charge in [0.2, 0.25) is 0 Å². The van der Waals surface area contributed by atoms with Gasteiger partial charge in [-0.2, -0.15) is 0 Å². The van der Waals surface area contributed by atoms with Crippen molar-refractivity contribution in [3.63, 3.8) is 0 Å². The molecule has 1 amide bonds. The predicted octanol–water partition coefficient (Wildman–Crippen LogP) is 2.26. The summed E-state index contributed by atoms with van der Waals surface area (Å²) in [6.45, 7) is 2.17. The number of alkyl carbamates (subject to hydrolysis) is 1. The van der Waals surface area contributed by atoms with Gasteiger partial charge in [-0.05, 0) is 31.6 Å². The Labute approximate surface area is 104 Å². The van der Waals surface area contributed by atoms with Gasteiger partial charge in [0.05, 0.1) is 12.4 Å². The number of carbonyl (C=O) groups is 2. The summed E-state index contributed by atoms with van der Waals surface area (Å²) in [4.78, 5) is 23.2. The van der Waals surface area contributed by atoms with Crippen LogP contribution in [0.15, 0.2) is 0 Å². The molecule has 0 heterocycles. The van der Waals surface area contributed by atoms with Gasteiger partial charge in [-0.25, -0.2) is 4.79 Å². The molecule has 4 nitrogen and oxygen atoms in total. The highest BCUT2D eigenvalue weighted by atomic mass is 79.9. The molecule has 0 spiro atoms. The average Bonchev–Trinajstić information content (AvgIpc) is 2.31. The number of carbonyl (C=O) groups excluding carboxylic acids is 2. The van der Waals surface area contributed by atoms with Gasteiger partial charge in [0, 0.05) is 0 Å². The first-order valence-electron chi connectivity index (χ1n) is 5.49. The highest BCUT2D eigenvalue weighted by Crippen LogP contribution is 2.33. The molecular weight excluding hydrogens is 274 g/mol. The van der Waals surface area contributed by atoms with Gasteiger partial charge >= 0.3 is 6.09 Å². The second kappa shape index (κ2) is 5.66. The summed E-state index contributed by atoms with van der Waals surface area (Å²) in [5, 5.41) is 2.98. The zero-order chi connectivity index (χ0) is 12.2. The first kappa shape index (κ1) is 13.5. The molecule has 0 unspecified atom stereocenters. The van der Waals surface area contributed by atoms with E-state index < -0.39 is 11.6 Å². The molecule has 1 N–H and O–H groups in total. The third kappa shape index (κ3) is 2.97. The van der Waals surface area contributed by atoms with E-state index in [0.717, 1.165) is 12.8 Å². The van der Waals surface area contributed by atoms with E-state index in [1.807, 2.05) is 0 Å². The van der Waals surface area contributed by atoms with E-state index in [4.69, 9.17) is 0 Å². The summed E-state index contributed by atoms with van der Waals surface area (Å²) < 4.78 is 4.58. The van der Waals surface area contributed by atoms with E-state index in [-0.39, 0.29) is 11.1 Å². The Morgan fingerprint density at radius 2 is 2.00 bits per heavy atom. The molecule has 1 saturated carbocycles. The van der Waals surface area contributed by atoms with Gasteiger partial charge in [0.1, 0.15) is 5.54 Å². The van der Waals surface area contributed by atoms with E-state index in [9.17, 15) is 9.59 Å². The minimum Gasteiger partial charge on any atom is -0.453 e. The zero-order valence-electron chi connectivity index (χ0n) is 9.72. The van der Waals surface area contributed by atoms with Crippen LogP contribution in [0.1, 0.15) is 32.6 Å². The Morgan fingerprint density at radius 1 is 1.44 bits per heavy atom. The number of ether oxygens (including phenoxy) is 1. The van der Waals surface area contributed by atoms with Crippen LogP contribution in [-0.2, 0) is 9.53 Å². The van der Waals surface area contributed by atoms with Crippen molar-refractivity contribution >= 4 is 27.8 Å². The Kier molecular flexibility index (Phi) is 4.77. The fourth-order valence-corrected chi connectivity index (χ4v) is 2.64. The van der Waals surface area contributed by atoms with Crippen LogP contribution < -0.4 is 5.32 Å². The minimum atomic E-state index is -0.719. The second-order valence-electron chi connectivity index (χ2n) is 4.44. The predicted molar refractivity (Wildman–Crippen MR) is 64.7 cm³/mol. The molecule has 1 fully saturated rings. The van der Waals surface area contributed by atoms with Crippen molar-refractivity contribution in [2.24, 2.45) is 5.92 Å². The summed E-state index contributed by atoms with van der Waals surface area (Å²) in [5.74, 6) is 0.653. The normalized spacial score (nSPS) is 29.6. The van der Waals surface area contributed by atoms with Crippen LogP contribution in [0.25, 0.3) is 0 Å². The summed E-state index contributed by atoms with van der Waals surface area (Å²) in [7, 11) is 1.31. The molecule has 1 aliphatic carbocycles. The summed E-state index contributed by atoms with van der Waals surface area (Å²) in [5.41, 5.74) is -0.719. The van der Waals surface area contributed by atoms with Crippen molar-refractivity contribution in [2.45, 2.75) is 38.1 Å². The van der Waals surface area contributed by atoms with Gasteiger partial charge in [0.15, 0.2) is 5.78 Å². The van der Waals surface area contributed by atoms with Crippen molar-refractivity contribution in [3.05, 3.63) is 0 Å². The maximum Gasteiger partial charge on any atom is 0.407 e. The number of ketones is 1. The highest BCUT2D eigenvalue weighted by Gasteiger charge is 2.41. The fourth-order valence-electron chi connectivity index (χ4n) is 2.10. The molecule has 0 aliphatic heterocycles. The molecule has 5 heteroatoms. The number of alkyl halides is 1. The van der Waals surface area contributed by atoms with Gasteiger partial charge in [-0.3, -0.25) is 4.79 Å². The van der Waals surface area contributed by atoms with Crippen molar-refractivity contribution < 1.29 is 14.3 Å². The number of methoxy groups -OCH3 is 1. The van der Waals surface area contributed by atoms with Crippen molar-refractivity contribution in [1.29, 1.82) is 0 Å². The van der Waals surface area contributed by atoms with Crippen LogP contribution in [0.3, 0.4) is 0 Å². The molecule has 92 valence electrons. The molecule has 0 saturated heterocycles. The molecule has 1 rings (SSSR count). The lowest BCUT2D eigenvalue weighted by molar-refractivity contribution is -0.124. The molecule has 0 atom stereocenters. The van der Waals surface area contributed by atoms with Gasteiger partial charge in [-0.1, -0.05) is 22.9 Å². The fraction of sp³-hybridized carbons (Fsp3) is 0.818.